The van der Waals surface area contributed by atoms with E-state index in [1.54, 1.807) is 18.0 Å². The van der Waals surface area contributed by atoms with Gasteiger partial charge in [0.25, 0.3) is 0 Å². The van der Waals surface area contributed by atoms with Crippen LogP contribution in [0, 0.1) is 0 Å². The Morgan fingerprint density at radius 1 is 1.19 bits per heavy atom. The standard InChI is InChI=1S/C12H9BrClNS/c13-10-5-9(6-15-7-10)8-16-12-3-1-11(14)2-4-12/h1-7H,8H2. The molecule has 1 aromatic heterocycles. The highest BCUT2D eigenvalue weighted by atomic mass is 79.9. The molecule has 4 heteroatoms. The van der Waals surface area contributed by atoms with Crippen molar-refractivity contribution >= 4 is 39.3 Å². The van der Waals surface area contributed by atoms with Crippen LogP contribution in [0.5, 0.6) is 0 Å². The van der Waals surface area contributed by atoms with Gasteiger partial charge >= 0.3 is 0 Å². The Morgan fingerprint density at radius 2 is 1.94 bits per heavy atom. The molecule has 82 valence electrons. The monoisotopic (exact) mass is 313 g/mol. The zero-order chi connectivity index (χ0) is 11.4. The second kappa shape index (κ2) is 5.71. The van der Waals surface area contributed by atoms with Crippen LogP contribution in [-0.4, -0.2) is 4.98 Å². The van der Waals surface area contributed by atoms with Crippen molar-refractivity contribution in [3.8, 4) is 0 Å². The predicted octanol–water partition coefficient (Wildman–Crippen LogP) is 4.79. The lowest BCUT2D eigenvalue weighted by Gasteiger charge is -2.02. The quantitative estimate of drug-likeness (QED) is 0.756. The molecule has 0 radical (unpaired) electrons. The summed E-state index contributed by atoms with van der Waals surface area (Å²) >= 11 is 11.0. The van der Waals surface area contributed by atoms with Crippen LogP contribution < -0.4 is 0 Å². The van der Waals surface area contributed by atoms with E-state index in [4.69, 9.17) is 11.6 Å². The number of benzene rings is 1. The fourth-order valence-electron chi connectivity index (χ4n) is 1.23. The molecule has 1 heterocycles. The first-order valence-corrected chi connectivity index (χ1v) is 6.87. The van der Waals surface area contributed by atoms with Crippen molar-refractivity contribution < 1.29 is 0 Å². The predicted molar refractivity (Wildman–Crippen MR) is 73.0 cm³/mol. The van der Waals surface area contributed by atoms with Gasteiger partial charge in [0.2, 0.25) is 0 Å². The number of pyridine rings is 1. The van der Waals surface area contributed by atoms with E-state index in [2.05, 4.69) is 27.0 Å². The summed E-state index contributed by atoms with van der Waals surface area (Å²) in [6, 6.07) is 9.94. The van der Waals surface area contributed by atoms with Gasteiger partial charge in [0.05, 0.1) is 0 Å². The van der Waals surface area contributed by atoms with E-state index < -0.39 is 0 Å². The number of rotatable bonds is 3. The minimum Gasteiger partial charge on any atom is -0.263 e. The number of aromatic nitrogens is 1. The lowest BCUT2D eigenvalue weighted by atomic mass is 10.3. The molecule has 16 heavy (non-hydrogen) atoms. The van der Waals surface area contributed by atoms with Crippen LogP contribution in [0.25, 0.3) is 0 Å². The second-order valence-corrected chi connectivity index (χ2v) is 5.65. The molecule has 0 aliphatic rings. The Labute approximate surface area is 112 Å². The van der Waals surface area contributed by atoms with Crippen molar-refractivity contribution in [2.24, 2.45) is 0 Å². The number of hydrogen-bond donors (Lipinski definition) is 0. The van der Waals surface area contributed by atoms with Crippen LogP contribution >= 0.6 is 39.3 Å². The van der Waals surface area contributed by atoms with E-state index in [0.29, 0.717) is 0 Å². The Morgan fingerprint density at radius 3 is 2.62 bits per heavy atom. The van der Waals surface area contributed by atoms with Crippen LogP contribution in [0.2, 0.25) is 5.02 Å². The first kappa shape index (κ1) is 12.0. The molecular weight excluding hydrogens is 306 g/mol. The summed E-state index contributed by atoms with van der Waals surface area (Å²) in [4.78, 5) is 5.34. The third kappa shape index (κ3) is 3.51. The van der Waals surface area contributed by atoms with E-state index in [0.717, 1.165) is 15.2 Å². The van der Waals surface area contributed by atoms with Crippen molar-refractivity contribution in [2.45, 2.75) is 10.6 Å². The Kier molecular flexibility index (Phi) is 4.27. The topological polar surface area (TPSA) is 12.9 Å². The normalized spacial score (nSPS) is 10.4. The van der Waals surface area contributed by atoms with E-state index in [1.807, 2.05) is 30.5 Å². The Hall–Kier alpha value is -0.510. The first-order valence-electron chi connectivity index (χ1n) is 4.72. The number of nitrogens with zero attached hydrogens (tertiary/aromatic N) is 1. The molecule has 0 saturated carbocycles. The van der Waals surface area contributed by atoms with Crippen molar-refractivity contribution in [3.05, 3.63) is 57.8 Å². The minimum atomic E-state index is 0.772. The summed E-state index contributed by atoms with van der Waals surface area (Å²) in [6.45, 7) is 0. The van der Waals surface area contributed by atoms with Crippen LogP contribution in [0.15, 0.2) is 52.1 Å². The molecule has 0 unspecified atom stereocenters. The van der Waals surface area contributed by atoms with Gasteiger partial charge in [-0.15, -0.1) is 11.8 Å². The summed E-state index contributed by atoms with van der Waals surface area (Å²) in [5.41, 5.74) is 1.20. The second-order valence-electron chi connectivity index (χ2n) is 3.25. The molecule has 0 spiro atoms. The molecule has 0 aliphatic carbocycles. The molecule has 0 amide bonds. The van der Waals surface area contributed by atoms with Gasteiger partial charge in [-0.1, -0.05) is 11.6 Å². The maximum atomic E-state index is 5.82. The van der Waals surface area contributed by atoms with Gasteiger partial charge < -0.3 is 0 Å². The van der Waals surface area contributed by atoms with Crippen molar-refractivity contribution in [2.75, 3.05) is 0 Å². The van der Waals surface area contributed by atoms with Crippen molar-refractivity contribution in [1.29, 1.82) is 0 Å². The molecule has 0 N–H and O–H groups in total. The van der Waals surface area contributed by atoms with E-state index in [1.165, 1.54) is 10.5 Å². The summed E-state index contributed by atoms with van der Waals surface area (Å²) in [5, 5.41) is 0.772. The maximum Gasteiger partial charge on any atom is 0.0410 e. The zero-order valence-corrected chi connectivity index (χ0v) is 11.5. The van der Waals surface area contributed by atoms with Crippen LogP contribution in [0.3, 0.4) is 0 Å². The van der Waals surface area contributed by atoms with Crippen molar-refractivity contribution in [1.82, 2.24) is 4.98 Å². The Balaban J connectivity index is 1.99. The molecule has 2 rings (SSSR count). The molecule has 0 bridgehead atoms. The highest BCUT2D eigenvalue weighted by Gasteiger charge is 1.98. The number of thioether (sulfide) groups is 1. The average molecular weight is 315 g/mol. The first-order chi connectivity index (χ1) is 7.74. The number of halogens is 2. The third-order valence-corrected chi connectivity index (χ3v) is 3.75. The Bertz CT molecular complexity index is 473. The zero-order valence-electron chi connectivity index (χ0n) is 8.36. The molecule has 2 aromatic rings. The fraction of sp³-hybridized carbons (Fsp3) is 0.0833. The van der Waals surface area contributed by atoms with E-state index in [9.17, 15) is 0 Å². The molecule has 0 atom stereocenters. The van der Waals surface area contributed by atoms with Crippen LogP contribution in [-0.2, 0) is 5.75 Å². The van der Waals surface area contributed by atoms with Crippen LogP contribution in [0.1, 0.15) is 5.56 Å². The summed E-state index contributed by atoms with van der Waals surface area (Å²) in [5.74, 6) is 0.911. The largest absolute Gasteiger partial charge is 0.263 e. The van der Waals surface area contributed by atoms with Gasteiger partial charge in [-0.05, 0) is 51.8 Å². The average Bonchev–Trinajstić information content (AvgIpc) is 2.28. The molecular formula is C12H9BrClNS. The SMILES string of the molecule is Clc1ccc(SCc2cncc(Br)c2)cc1. The van der Waals surface area contributed by atoms with Crippen molar-refractivity contribution in [3.63, 3.8) is 0 Å². The maximum absolute atomic E-state index is 5.82. The van der Waals surface area contributed by atoms with Gasteiger partial charge in [0, 0.05) is 32.5 Å². The van der Waals surface area contributed by atoms with Gasteiger partial charge in [-0.2, -0.15) is 0 Å². The molecule has 0 saturated heterocycles. The fourth-order valence-corrected chi connectivity index (χ4v) is 2.59. The van der Waals surface area contributed by atoms with Gasteiger partial charge in [0.1, 0.15) is 0 Å². The van der Waals surface area contributed by atoms with E-state index >= 15 is 0 Å². The summed E-state index contributed by atoms with van der Waals surface area (Å²) < 4.78 is 1.02. The lowest BCUT2D eigenvalue weighted by molar-refractivity contribution is 1.23. The van der Waals surface area contributed by atoms with E-state index in [-0.39, 0.29) is 0 Å². The summed E-state index contributed by atoms with van der Waals surface area (Å²) in [7, 11) is 0. The molecule has 0 fully saturated rings. The van der Waals surface area contributed by atoms with Gasteiger partial charge in [0.15, 0.2) is 0 Å². The number of hydrogen-bond acceptors (Lipinski definition) is 2. The van der Waals surface area contributed by atoms with Gasteiger partial charge in [-0.3, -0.25) is 4.98 Å². The highest BCUT2D eigenvalue weighted by Crippen LogP contribution is 2.24. The van der Waals surface area contributed by atoms with Gasteiger partial charge in [-0.25, -0.2) is 0 Å². The third-order valence-electron chi connectivity index (χ3n) is 1.98. The lowest BCUT2D eigenvalue weighted by Crippen LogP contribution is -1.82. The molecule has 1 aromatic carbocycles. The molecule has 1 nitrogen and oxygen atoms in total. The van der Waals surface area contributed by atoms with Crippen LogP contribution in [0.4, 0.5) is 0 Å². The highest BCUT2D eigenvalue weighted by molar-refractivity contribution is 9.10. The minimum absolute atomic E-state index is 0.772. The molecule has 0 aliphatic heterocycles. The summed E-state index contributed by atoms with van der Waals surface area (Å²) in [6.07, 6.45) is 3.67. The smallest absolute Gasteiger partial charge is 0.0410 e.